The van der Waals surface area contributed by atoms with Gasteiger partial charge in [-0.3, -0.25) is 9.36 Å². The van der Waals surface area contributed by atoms with E-state index >= 15 is 0 Å². The zero-order chi connectivity index (χ0) is 24.8. The molecule has 5 nitrogen and oxygen atoms in total. The number of hydrogen-bond donors (Lipinski definition) is 1. The van der Waals surface area contributed by atoms with Crippen molar-refractivity contribution in [3.8, 4) is 0 Å². The highest BCUT2D eigenvalue weighted by Gasteiger charge is 2.19. The van der Waals surface area contributed by atoms with Crippen LogP contribution in [-0.4, -0.2) is 20.8 Å². The lowest BCUT2D eigenvalue weighted by atomic mass is 9.86. The smallest absolute Gasteiger partial charge is 0.330 e. The highest BCUT2D eigenvalue weighted by atomic mass is 35.5. The number of hydrogen-bond acceptors (Lipinski definition) is 3. The molecule has 1 aromatic carbocycles. The molecule has 3 rings (SSSR count). The fraction of sp³-hybridized carbons (Fsp3) is 0.429. The Kier molecular flexibility index (Phi) is 8.92. The summed E-state index contributed by atoms with van der Waals surface area (Å²) in [5.41, 5.74) is 5.58. The number of halogens is 1. The minimum atomic E-state index is -0.340. The van der Waals surface area contributed by atoms with Crippen LogP contribution in [0.15, 0.2) is 68.3 Å². The minimum Gasteiger partial charge on any atom is -0.396 e. The van der Waals surface area contributed by atoms with Crippen LogP contribution in [0.1, 0.15) is 60.9 Å². The second kappa shape index (κ2) is 11.7. The van der Waals surface area contributed by atoms with Gasteiger partial charge in [0.2, 0.25) is 0 Å². The summed E-state index contributed by atoms with van der Waals surface area (Å²) in [5.74, 6) is 0.116. The zero-order valence-corrected chi connectivity index (χ0v) is 21.4. The molecule has 1 aliphatic carbocycles. The maximum atomic E-state index is 13.4. The van der Waals surface area contributed by atoms with E-state index in [-0.39, 0.29) is 30.3 Å². The quantitative estimate of drug-likeness (QED) is 0.508. The maximum absolute atomic E-state index is 13.4. The van der Waals surface area contributed by atoms with Gasteiger partial charge in [0.15, 0.2) is 0 Å². The summed E-state index contributed by atoms with van der Waals surface area (Å²) >= 11 is 6.13. The summed E-state index contributed by atoms with van der Waals surface area (Å²) in [6.45, 7) is 6.23. The second-order valence-corrected chi connectivity index (χ2v) is 9.66. The Bertz CT molecular complexity index is 1250. The molecule has 0 fully saturated rings. The molecule has 182 valence electrons. The predicted molar refractivity (Wildman–Crippen MR) is 140 cm³/mol. The van der Waals surface area contributed by atoms with Gasteiger partial charge in [-0.15, -0.1) is 0 Å². The van der Waals surface area contributed by atoms with E-state index in [1.807, 2.05) is 13.0 Å². The van der Waals surface area contributed by atoms with Gasteiger partial charge in [-0.05, 0) is 51.2 Å². The van der Waals surface area contributed by atoms with Crippen molar-refractivity contribution >= 4 is 11.6 Å². The van der Waals surface area contributed by atoms with Crippen molar-refractivity contribution in [1.82, 2.24) is 9.13 Å². The van der Waals surface area contributed by atoms with Crippen LogP contribution in [0.5, 0.6) is 0 Å². The van der Waals surface area contributed by atoms with Crippen molar-refractivity contribution < 1.29 is 5.11 Å². The molecule has 1 N–H and O–H groups in total. The first-order valence-corrected chi connectivity index (χ1v) is 12.3. The number of aliphatic hydroxyl groups is 1. The van der Waals surface area contributed by atoms with Crippen molar-refractivity contribution in [3.63, 3.8) is 0 Å². The lowest BCUT2D eigenvalue weighted by molar-refractivity contribution is 0.277. The number of allylic oxidation sites excluding steroid dienone is 6. The van der Waals surface area contributed by atoms with Crippen molar-refractivity contribution in [2.45, 2.75) is 65.3 Å². The van der Waals surface area contributed by atoms with Gasteiger partial charge in [0, 0.05) is 48.8 Å². The van der Waals surface area contributed by atoms with Gasteiger partial charge in [-0.25, -0.2) is 4.79 Å². The van der Waals surface area contributed by atoms with E-state index in [9.17, 15) is 14.7 Å². The summed E-state index contributed by atoms with van der Waals surface area (Å²) in [7, 11) is 1.70. The second-order valence-electron chi connectivity index (χ2n) is 9.17. The molecule has 1 unspecified atom stereocenters. The third kappa shape index (κ3) is 6.08. The van der Waals surface area contributed by atoms with Gasteiger partial charge in [0.05, 0.1) is 0 Å². The Morgan fingerprint density at radius 3 is 2.62 bits per heavy atom. The van der Waals surface area contributed by atoms with E-state index in [4.69, 9.17) is 11.6 Å². The average Bonchev–Trinajstić information content (AvgIpc) is 2.83. The Hall–Kier alpha value is -2.63. The Morgan fingerprint density at radius 2 is 1.97 bits per heavy atom. The number of rotatable bonds is 9. The standard InChI is InChI=1S/C28H35ClN2O3/c1-19-7-5-8-23(17-19)20(2)24(12-9-22-10-13-25(29)14-11-22)18-26-21(3)30(4)28(34)31(27(26)33)15-6-16-32/h5,7-8,10,12-13,17,20,32H,6,9,11,14-16,18H2,1-4H3. The molecule has 0 saturated heterocycles. The Morgan fingerprint density at radius 1 is 1.21 bits per heavy atom. The van der Waals surface area contributed by atoms with Crippen LogP contribution >= 0.6 is 11.6 Å². The van der Waals surface area contributed by atoms with Crippen molar-refractivity contribution in [3.05, 3.63) is 102 Å². The summed E-state index contributed by atoms with van der Waals surface area (Å²) in [5, 5.41) is 10.1. The minimum absolute atomic E-state index is 0.0675. The molecule has 34 heavy (non-hydrogen) atoms. The lowest BCUT2D eigenvalue weighted by Crippen LogP contribution is -2.42. The van der Waals surface area contributed by atoms with Gasteiger partial charge in [-0.2, -0.15) is 0 Å². The first-order chi connectivity index (χ1) is 16.2. The van der Waals surface area contributed by atoms with Crippen LogP contribution in [0.3, 0.4) is 0 Å². The normalized spacial score (nSPS) is 15.2. The summed E-state index contributed by atoms with van der Waals surface area (Å²) in [6.07, 6.45) is 9.74. The summed E-state index contributed by atoms with van der Waals surface area (Å²) in [6, 6.07) is 8.46. The fourth-order valence-electron chi connectivity index (χ4n) is 4.41. The molecule has 0 spiro atoms. The van der Waals surface area contributed by atoms with E-state index in [1.165, 1.54) is 21.3 Å². The molecule has 1 aliphatic rings. The van der Waals surface area contributed by atoms with Crippen LogP contribution in [0.4, 0.5) is 0 Å². The van der Waals surface area contributed by atoms with Gasteiger partial charge >= 0.3 is 5.69 Å². The summed E-state index contributed by atoms with van der Waals surface area (Å²) < 4.78 is 2.80. The van der Waals surface area contributed by atoms with E-state index in [1.54, 1.807) is 11.6 Å². The molecule has 1 heterocycles. The molecule has 2 aromatic rings. The molecule has 0 aliphatic heterocycles. The van der Waals surface area contributed by atoms with E-state index in [0.717, 1.165) is 29.9 Å². The van der Waals surface area contributed by atoms with Gasteiger partial charge in [-0.1, -0.05) is 71.7 Å². The zero-order valence-electron chi connectivity index (χ0n) is 20.6. The molecular weight excluding hydrogens is 448 g/mol. The van der Waals surface area contributed by atoms with Crippen LogP contribution < -0.4 is 11.2 Å². The molecule has 1 atom stereocenters. The largest absolute Gasteiger partial charge is 0.396 e. The number of benzene rings is 1. The monoisotopic (exact) mass is 482 g/mol. The van der Waals surface area contributed by atoms with Crippen molar-refractivity contribution in [1.29, 1.82) is 0 Å². The number of aromatic nitrogens is 2. The lowest BCUT2D eigenvalue weighted by Gasteiger charge is -2.21. The molecule has 0 radical (unpaired) electrons. The van der Waals surface area contributed by atoms with Gasteiger partial charge in [0.25, 0.3) is 5.56 Å². The molecule has 0 bridgehead atoms. The van der Waals surface area contributed by atoms with Gasteiger partial charge < -0.3 is 9.67 Å². The summed E-state index contributed by atoms with van der Waals surface area (Å²) in [4.78, 5) is 26.1. The predicted octanol–water partition coefficient (Wildman–Crippen LogP) is 5.05. The van der Waals surface area contributed by atoms with E-state index in [2.05, 4.69) is 50.3 Å². The fourth-order valence-corrected chi connectivity index (χ4v) is 4.57. The highest BCUT2D eigenvalue weighted by molar-refractivity contribution is 6.29. The highest BCUT2D eigenvalue weighted by Crippen LogP contribution is 2.30. The van der Waals surface area contributed by atoms with E-state index < -0.39 is 0 Å². The number of aliphatic hydroxyl groups excluding tert-OH is 1. The molecule has 0 amide bonds. The third-order valence-corrected chi connectivity index (χ3v) is 7.11. The van der Waals surface area contributed by atoms with Crippen molar-refractivity contribution in [2.24, 2.45) is 7.05 Å². The van der Waals surface area contributed by atoms with Crippen molar-refractivity contribution in [2.75, 3.05) is 6.61 Å². The number of nitrogens with zero attached hydrogens (tertiary/aromatic N) is 2. The van der Waals surface area contributed by atoms with Crippen LogP contribution in [0, 0.1) is 13.8 Å². The molecule has 6 heteroatoms. The number of aryl methyl sites for hydroxylation is 1. The first kappa shape index (κ1) is 26.0. The maximum Gasteiger partial charge on any atom is 0.330 e. The SMILES string of the molecule is Cc1cccc(C(C)C(=CCC2=CC=C(Cl)CC2)Cc2c(C)n(C)c(=O)n(CCCO)c2=O)c1. The van der Waals surface area contributed by atoms with Crippen LogP contribution in [0.25, 0.3) is 0 Å². The average molecular weight is 483 g/mol. The van der Waals surface area contributed by atoms with Crippen LogP contribution in [-0.2, 0) is 20.0 Å². The molecule has 0 saturated carbocycles. The molecule has 1 aromatic heterocycles. The topological polar surface area (TPSA) is 64.2 Å². The Labute approximate surface area is 206 Å². The Balaban J connectivity index is 2.05. The molecular formula is C28H35ClN2O3. The van der Waals surface area contributed by atoms with Gasteiger partial charge in [0.1, 0.15) is 0 Å². The van der Waals surface area contributed by atoms with Crippen LogP contribution in [0.2, 0.25) is 0 Å². The first-order valence-electron chi connectivity index (χ1n) is 11.9. The van der Waals surface area contributed by atoms with E-state index in [0.29, 0.717) is 24.1 Å². The third-order valence-electron chi connectivity index (χ3n) is 6.79.